The molecule has 0 aliphatic carbocycles. The molecule has 1 aromatic carbocycles. The zero-order chi connectivity index (χ0) is 14.7. The minimum atomic E-state index is 0.490. The van der Waals surface area contributed by atoms with Gasteiger partial charge in [-0.2, -0.15) is 4.98 Å². The van der Waals surface area contributed by atoms with Gasteiger partial charge in [-0.1, -0.05) is 19.1 Å². The molecule has 0 bridgehead atoms. The SMILES string of the molecule is CCCc1nc(N)c(C)c(Oc2cccc(C)c2C)n1. The van der Waals surface area contributed by atoms with E-state index in [1.807, 2.05) is 26.0 Å². The molecule has 4 nitrogen and oxygen atoms in total. The maximum absolute atomic E-state index is 5.96. The Labute approximate surface area is 120 Å². The highest BCUT2D eigenvalue weighted by Gasteiger charge is 2.12. The molecule has 0 amide bonds. The van der Waals surface area contributed by atoms with E-state index >= 15 is 0 Å². The second-order valence-electron chi connectivity index (χ2n) is 5.01. The first-order valence-corrected chi connectivity index (χ1v) is 6.90. The second kappa shape index (κ2) is 5.90. The molecule has 0 fully saturated rings. The number of rotatable bonds is 4. The largest absolute Gasteiger partial charge is 0.438 e. The fraction of sp³-hybridized carbons (Fsp3) is 0.375. The van der Waals surface area contributed by atoms with Crippen LogP contribution in [0.2, 0.25) is 0 Å². The van der Waals surface area contributed by atoms with Gasteiger partial charge in [-0.3, -0.25) is 0 Å². The first kappa shape index (κ1) is 14.3. The van der Waals surface area contributed by atoms with E-state index in [-0.39, 0.29) is 0 Å². The van der Waals surface area contributed by atoms with Crippen molar-refractivity contribution < 1.29 is 4.74 Å². The van der Waals surface area contributed by atoms with Gasteiger partial charge >= 0.3 is 0 Å². The highest BCUT2D eigenvalue weighted by molar-refractivity contribution is 5.47. The van der Waals surface area contributed by atoms with Gasteiger partial charge < -0.3 is 10.5 Å². The van der Waals surface area contributed by atoms with Gasteiger partial charge in [0.15, 0.2) is 0 Å². The van der Waals surface area contributed by atoms with Crippen molar-refractivity contribution in [1.29, 1.82) is 0 Å². The molecule has 106 valence electrons. The van der Waals surface area contributed by atoms with Gasteiger partial charge in [0.25, 0.3) is 0 Å². The van der Waals surface area contributed by atoms with Gasteiger partial charge in [0.2, 0.25) is 5.88 Å². The van der Waals surface area contributed by atoms with Crippen LogP contribution in [0.25, 0.3) is 0 Å². The average Bonchev–Trinajstić information content (AvgIpc) is 2.41. The van der Waals surface area contributed by atoms with Crippen molar-refractivity contribution >= 4 is 5.82 Å². The maximum atomic E-state index is 5.96. The van der Waals surface area contributed by atoms with Gasteiger partial charge in [0.05, 0.1) is 5.56 Å². The second-order valence-corrected chi connectivity index (χ2v) is 5.01. The number of ether oxygens (including phenoxy) is 1. The molecule has 2 aromatic rings. The van der Waals surface area contributed by atoms with Gasteiger partial charge in [0, 0.05) is 6.42 Å². The summed E-state index contributed by atoms with van der Waals surface area (Å²) in [6, 6.07) is 5.98. The summed E-state index contributed by atoms with van der Waals surface area (Å²) in [5.41, 5.74) is 9.03. The van der Waals surface area contributed by atoms with E-state index < -0.39 is 0 Å². The predicted molar refractivity (Wildman–Crippen MR) is 81.2 cm³/mol. The summed E-state index contributed by atoms with van der Waals surface area (Å²) >= 11 is 0. The van der Waals surface area contributed by atoms with Crippen molar-refractivity contribution in [2.75, 3.05) is 5.73 Å². The smallest absolute Gasteiger partial charge is 0.227 e. The van der Waals surface area contributed by atoms with E-state index in [1.54, 1.807) is 0 Å². The molecule has 2 rings (SSSR count). The van der Waals surface area contributed by atoms with Crippen LogP contribution in [0.5, 0.6) is 11.6 Å². The normalized spacial score (nSPS) is 10.6. The molecule has 0 radical (unpaired) electrons. The first-order chi connectivity index (χ1) is 9.52. The average molecular weight is 271 g/mol. The number of nitrogens with zero attached hydrogens (tertiary/aromatic N) is 2. The number of aromatic nitrogens is 2. The molecular weight excluding hydrogens is 250 g/mol. The summed E-state index contributed by atoms with van der Waals surface area (Å²) in [6.07, 6.45) is 1.78. The first-order valence-electron chi connectivity index (χ1n) is 6.90. The van der Waals surface area contributed by atoms with Crippen LogP contribution in [0.15, 0.2) is 18.2 Å². The number of anilines is 1. The van der Waals surface area contributed by atoms with E-state index in [9.17, 15) is 0 Å². The minimum Gasteiger partial charge on any atom is -0.438 e. The number of benzene rings is 1. The van der Waals surface area contributed by atoms with Crippen molar-refractivity contribution in [3.63, 3.8) is 0 Å². The quantitative estimate of drug-likeness (QED) is 0.920. The minimum absolute atomic E-state index is 0.490. The molecule has 0 atom stereocenters. The monoisotopic (exact) mass is 271 g/mol. The Bertz CT molecular complexity index is 623. The fourth-order valence-electron chi connectivity index (χ4n) is 1.93. The lowest BCUT2D eigenvalue weighted by atomic mass is 10.1. The summed E-state index contributed by atoms with van der Waals surface area (Å²) in [5, 5.41) is 0. The topological polar surface area (TPSA) is 61.0 Å². The molecule has 0 spiro atoms. The van der Waals surface area contributed by atoms with E-state index in [4.69, 9.17) is 10.5 Å². The van der Waals surface area contributed by atoms with E-state index in [1.165, 1.54) is 5.56 Å². The third-order valence-electron chi connectivity index (χ3n) is 3.42. The van der Waals surface area contributed by atoms with Crippen LogP contribution in [0.3, 0.4) is 0 Å². The Hall–Kier alpha value is -2.10. The highest BCUT2D eigenvalue weighted by atomic mass is 16.5. The van der Waals surface area contributed by atoms with Crippen LogP contribution >= 0.6 is 0 Å². The van der Waals surface area contributed by atoms with Gasteiger partial charge in [-0.05, 0) is 44.4 Å². The zero-order valence-electron chi connectivity index (χ0n) is 12.5. The Morgan fingerprint density at radius 1 is 1.10 bits per heavy atom. The highest BCUT2D eigenvalue weighted by Crippen LogP contribution is 2.29. The molecule has 0 unspecified atom stereocenters. The standard InChI is InChI=1S/C16H21N3O/c1-5-7-14-18-15(17)12(4)16(19-14)20-13-9-6-8-10(2)11(13)3/h6,8-9H,5,7H2,1-4H3,(H2,17,18,19). The molecule has 20 heavy (non-hydrogen) atoms. The summed E-state index contributed by atoms with van der Waals surface area (Å²) < 4.78 is 5.96. The lowest BCUT2D eigenvalue weighted by molar-refractivity contribution is 0.451. The van der Waals surface area contributed by atoms with E-state index in [2.05, 4.69) is 29.9 Å². The Kier molecular flexibility index (Phi) is 4.23. The van der Waals surface area contributed by atoms with E-state index in [0.717, 1.165) is 35.5 Å². The van der Waals surface area contributed by atoms with Gasteiger partial charge in [-0.15, -0.1) is 0 Å². The van der Waals surface area contributed by atoms with Crippen molar-refractivity contribution in [2.45, 2.75) is 40.5 Å². The van der Waals surface area contributed by atoms with Crippen molar-refractivity contribution in [3.05, 3.63) is 40.7 Å². The lowest BCUT2D eigenvalue weighted by Gasteiger charge is -2.13. The predicted octanol–water partition coefficient (Wildman–Crippen LogP) is 3.73. The van der Waals surface area contributed by atoms with E-state index in [0.29, 0.717) is 11.7 Å². The molecule has 2 N–H and O–H groups in total. The van der Waals surface area contributed by atoms with Crippen molar-refractivity contribution in [3.8, 4) is 11.6 Å². The molecule has 4 heteroatoms. The van der Waals surface area contributed by atoms with Crippen LogP contribution in [0.4, 0.5) is 5.82 Å². The van der Waals surface area contributed by atoms with Crippen LogP contribution < -0.4 is 10.5 Å². The molecule has 1 aromatic heterocycles. The Morgan fingerprint density at radius 2 is 1.85 bits per heavy atom. The van der Waals surface area contributed by atoms with Crippen LogP contribution in [0.1, 0.15) is 35.9 Å². The summed E-state index contributed by atoms with van der Waals surface area (Å²) in [7, 11) is 0. The molecular formula is C16H21N3O. The summed E-state index contributed by atoms with van der Waals surface area (Å²) in [5.74, 6) is 2.59. The summed E-state index contributed by atoms with van der Waals surface area (Å²) in [4.78, 5) is 8.77. The van der Waals surface area contributed by atoms with Crippen molar-refractivity contribution in [1.82, 2.24) is 9.97 Å². The lowest BCUT2D eigenvalue weighted by Crippen LogP contribution is -2.05. The van der Waals surface area contributed by atoms with Crippen LogP contribution in [0, 0.1) is 20.8 Å². The Balaban J connectivity index is 2.39. The third kappa shape index (κ3) is 2.90. The van der Waals surface area contributed by atoms with Crippen LogP contribution in [-0.4, -0.2) is 9.97 Å². The number of nitrogens with two attached hydrogens (primary N) is 1. The molecule has 0 aliphatic rings. The maximum Gasteiger partial charge on any atom is 0.227 e. The number of nitrogen functional groups attached to an aromatic ring is 1. The Morgan fingerprint density at radius 3 is 2.55 bits per heavy atom. The molecule has 0 saturated carbocycles. The zero-order valence-corrected chi connectivity index (χ0v) is 12.5. The fourth-order valence-corrected chi connectivity index (χ4v) is 1.93. The van der Waals surface area contributed by atoms with Gasteiger partial charge in [0.1, 0.15) is 17.4 Å². The molecule has 0 aliphatic heterocycles. The van der Waals surface area contributed by atoms with Gasteiger partial charge in [-0.25, -0.2) is 4.98 Å². The third-order valence-corrected chi connectivity index (χ3v) is 3.42. The number of hydrogen-bond donors (Lipinski definition) is 1. The molecule has 1 heterocycles. The summed E-state index contributed by atoms with van der Waals surface area (Å²) in [6.45, 7) is 8.07. The molecule has 0 saturated heterocycles. The van der Waals surface area contributed by atoms with Crippen LogP contribution in [-0.2, 0) is 6.42 Å². The number of aryl methyl sites for hydroxylation is 2. The van der Waals surface area contributed by atoms with Crippen molar-refractivity contribution in [2.24, 2.45) is 0 Å². The number of hydrogen-bond acceptors (Lipinski definition) is 4.